The summed E-state index contributed by atoms with van der Waals surface area (Å²) in [5, 5.41) is 10.6. The summed E-state index contributed by atoms with van der Waals surface area (Å²) in [5.41, 5.74) is 2.58. The van der Waals surface area contributed by atoms with Crippen molar-refractivity contribution in [1.29, 1.82) is 0 Å². The molecule has 0 bridgehead atoms. The molecule has 0 aliphatic heterocycles. The minimum Gasteiger partial charge on any atom is -0.494 e. The van der Waals surface area contributed by atoms with Crippen LogP contribution in [0.25, 0.3) is 0 Å². The molecular weight excluding hydrogens is 376 g/mol. The SMILES string of the molecule is CN=C(NCCc1cccc(OCCCc2ccccc2)c1)NCc1ncnn1C. The molecule has 0 amide bonds. The first-order valence-electron chi connectivity index (χ1n) is 10.3. The van der Waals surface area contributed by atoms with Crippen LogP contribution in [0.1, 0.15) is 23.4 Å². The summed E-state index contributed by atoms with van der Waals surface area (Å²) in [5.74, 6) is 2.52. The molecule has 0 spiro atoms. The fourth-order valence-electron chi connectivity index (χ4n) is 3.09. The van der Waals surface area contributed by atoms with Crippen molar-refractivity contribution in [1.82, 2.24) is 25.4 Å². The molecule has 0 saturated heterocycles. The first-order chi connectivity index (χ1) is 14.7. The molecule has 0 fully saturated rings. The molecular formula is C23H30N6O. The van der Waals surface area contributed by atoms with Crippen LogP contribution in [0.4, 0.5) is 0 Å². The average molecular weight is 407 g/mol. The van der Waals surface area contributed by atoms with E-state index < -0.39 is 0 Å². The van der Waals surface area contributed by atoms with Crippen molar-refractivity contribution in [2.75, 3.05) is 20.2 Å². The Morgan fingerprint density at radius 2 is 1.87 bits per heavy atom. The first-order valence-corrected chi connectivity index (χ1v) is 10.3. The Morgan fingerprint density at radius 1 is 1.03 bits per heavy atom. The van der Waals surface area contributed by atoms with E-state index in [0.717, 1.165) is 49.9 Å². The highest BCUT2D eigenvalue weighted by atomic mass is 16.5. The second-order valence-electron chi connectivity index (χ2n) is 6.99. The molecule has 1 aromatic heterocycles. The van der Waals surface area contributed by atoms with E-state index in [9.17, 15) is 0 Å². The van der Waals surface area contributed by atoms with Gasteiger partial charge in [0, 0.05) is 20.6 Å². The lowest BCUT2D eigenvalue weighted by Gasteiger charge is -2.12. The van der Waals surface area contributed by atoms with Crippen molar-refractivity contribution in [3.63, 3.8) is 0 Å². The molecule has 0 aliphatic rings. The number of rotatable bonds is 10. The Bertz CT molecular complexity index is 922. The quantitative estimate of drug-likeness (QED) is 0.308. The van der Waals surface area contributed by atoms with Gasteiger partial charge in [-0.1, -0.05) is 42.5 Å². The van der Waals surface area contributed by atoms with Gasteiger partial charge in [-0.25, -0.2) is 4.98 Å². The molecule has 0 aliphatic carbocycles. The van der Waals surface area contributed by atoms with Gasteiger partial charge in [0.05, 0.1) is 13.2 Å². The van der Waals surface area contributed by atoms with E-state index in [2.05, 4.69) is 62.1 Å². The number of hydrogen-bond acceptors (Lipinski definition) is 4. The maximum absolute atomic E-state index is 5.94. The van der Waals surface area contributed by atoms with E-state index in [4.69, 9.17) is 4.74 Å². The highest BCUT2D eigenvalue weighted by Crippen LogP contribution is 2.14. The Hall–Kier alpha value is -3.35. The third-order valence-corrected chi connectivity index (χ3v) is 4.77. The number of nitrogens with zero attached hydrogens (tertiary/aromatic N) is 4. The fourth-order valence-corrected chi connectivity index (χ4v) is 3.09. The number of benzene rings is 2. The Morgan fingerprint density at radius 3 is 2.63 bits per heavy atom. The topological polar surface area (TPSA) is 76.4 Å². The normalized spacial score (nSPS) is 11.3. The van der Waals surface area contributed by atoms with Crippen molar-refractivity contribution < 1.29 is 4.74 Å². The van der Waals surface area contributed by atoms with Gasteiger partial charge in [0.1, 0.15) is 17.9 Å². The van der Waals surface area contributed by atoms with Crippen LogP contribution in [0, 0.1) is 0 Å². The van der Waals surface area contributed by atoms with E-state index in [1.165, 1.54) is 11.1 Å². The largest absolute Gasteiger partial charge is 0.494 e. The smallest absolute Gasteiger partial charge is 0.191 e. The number of hydrogen-bond donors (Lipinski definition) is 2. The number of nitrogens with one attached hydrogen (secondary N) is 2. The van der Waals surface area contributed by atoms with Crippen LogP contribution < -0.4 is 15.4 Å². The molecule has 7 nitrogen and oxygen atoms in total. The number of aliphatic imine (C=N–C) groups is 1. The minimum absolute atomic E-state index is 0.572. The van der Waals surface area contributed by atoms with Crippen LogP contribution in [-0.2, 0) is 26.4 Å². The van der Waals surface area contributed by atoms with Gasteiger partial charge < -0.3 is 15.4 Å². The van der Waals surface area contributed by atoms with Gasteiger partial charge in [-0.3, -0.25) is 9.67 Å². The monoisotopic (exact) mass is 406 g/mol. The zero-order valence-electron chi connectivity index (χ0n) is 17.7. The van der Waals surface area contributed by atoms with Crippen LogP contribution in [0.15, 0.2) is 65.9 Å². The van der Waals surface area contributed by atoms with Gasteiger partial charge in [-0.05, 0) is 42.5 Å². The highest BCUT2D eigenvalue weighted by molar-refractivity contribution is 5.79. The molecule has 3 rings (SSSR count). The number of ether oxygens (including phenoxy) is 1. The lowest BCUT2D eigenvalue weighted by atomic mass is 10.1. The zero-order chi connectivity index (χ0) is 21.0. The summed E-state index contributed by atoms with van der Waals surface area (Å²) in [4.78, 5) is 8.45. The van der Waals surface area contributed by atoms with Crippen molar-refractivity contribution >= 4 is 5.96 Å². The van der Waals surface area contributed by atoms with E-state index >= 15 is 0 Å². The predicted molar refractivity (Wildman–Crippen MR) is 120 cm³/mol. The zero-order valence-corrected chi connectivity index (χ0v) is 17.7. The van der Waals surface area contributed by atoms with Crippen molar-refractivity contribution in [2.24, 2.45) is 12.0 Å². The van der Waals surface area contributed by atoms with Gasteiger partial charge in [-0.15, -0.1) is 0 Å². The maximum atomic E-state index is 5.94. The summed E-state index contributed by atoms with van der Waals surface area (Å²) in [7, 11) is 3.63. The van der Waals surface area contributed by atoms with E-state index in [-0.39, 0.29) is 0 Å². The first kappa shape index (κ1) is 21.4. The van der Waals surface area contributed by atoms with E-state index in [0.29, 0.717) is 6.54 Å². The highest BCUT2D eigenvalue weighted by Gasteiger charge is 2.03. The standard InChI is InChI=1S/C23H30N6O/c1-24-23(26-17-22-27-18-28-29(22)2)25-14-13-20-10-6-12-21(16-20)30-15-7-11-19-8-4-3-5-9-19/h3-6,8-10,12,16,18H,7,11,13-15,17H2,1-2H3,(H2,24,25,26). The molecule has 0 atom stereocenters. The predicted octanol–water partition coefficient (Wildman–Crippen LogP) is 2.73. The number of aryl methyl sites for hydroxylation is 2. The summed E-state index contributed by atoms with van der Waals surface area (Å²) >= 11 is 0. The van der Waals surface area contributed by atoms with Crippen LogP contribution in [0.3, 0.4) is 0 Å². The molecule has 2 N–H and O–H groups in total. The third kappa shape index (κ3) is 6.92. The van der Waals surface area contributed by atoms with Gasteiger partial charge in [-0.2, -0.15) is 5.10 Å². The van der Waals surface area contributed by atoms with Crippen LogP contribution >= 0.6 is 0 Å². The second kappa shape index (κ2) is 11.6. The summed E-state index contributed by atoms with van der Waals surface area (Å²) in [6.45, 7) is 2.06. The summed E-state index contributed by atoms with van der Waals surface area (Å²) < 4.78 is 7.68. The van der Waals surface area contributed by atoms with Crippen LogP contribution in [0.2, 0.25) is 0 Å². The summed E-state index contributed by atoms with van der Waals surface area (Å²) in [6.07, 6.45) is 4.46. The maximum Gasteiger partial charge on any atom is 0.191 e. The molecule has 7 heteroatoms. The lowest BCUT2D eigenvalue weighted by molar-refractivity contribution is 0.310. The van der Waals surface area contributed by atoms with Gasteiger partial charge in [0.2, 0.25) is 0 Å². The second-order valence-corrected chi connectivity index (χ2v) is 6.99. The number of guanidine groups is 1. The molecule has 0 unspecified atom stereocenters. The number of aromatic nitrogens is 3. The minimum atomic E-state index is 0.572. The molecule has 158 valence electrons. The molecule has 3 aromatic rings. The molecule has 1 heterocycles. The van der Waals surface area contributed by atoms with Gasteiger partial charge >= 0.3 is 0 Å². The van der Waals surface area contributed by atoms with Gasteiger partial charge in [0.25, 0.3) is 0 Å². The molecule has 0 radical (unpaired) electrons. The third-order valence-electron chi connectivity index (χ3n) is 4.77. The van der Waals surface area contributed by atoms with Crippen LogP contribution in [0.5, 0.6) is 5.75 Å². The Kier molecular flexibility index (Phi) is 8.26. The fraction of sp³-hybridized carbons (Fsp3) is 0.348. The van der Waals surface area contributed by atoms with Gasteiger partial charge in [0.15, 0.2) is 5.96 Å². The molecule has 2 aromatic carbocycles. The lowest BCUT2D eigenvalue weighted by Crippen LogP contribution is -2.38. The Balaban J connectivity index is 1.37. The van der Waals surface area contributed by atoms with Crippen molar-refractivity contribution in [2.45, 2.75) is 25.8 Å². The van der Waals surface area contributed by atoms with E-state index in [1.807, 2.05) is 25.2 Å². The van der Waals surface area contributed by atoms with Crippen molar-refractivity contribution in [3.05, 3.63) is 77.9 Å². The molecule has 30 heavy (non-hydrogen) atoms. The van der Waals surface area contributed by atoms with Crippen molar-refractivity contribution in [3.8, 4) is 5.75 Å². The Labute approximate surface area is 178 Å². The molecule has 0 saturated carbocycles. The summed E-state index contributed by atoms with van der Waals surface area (Å²) in [6, 6.07) is 18.8. The van der Waals surface area contributed by atoms with Crippen LogP contribution in [-0.4, -0.2) is 40.9 Å². The average Bonchev–Trinajstić information content (AvgIpc) is 3.19. The van der Waals surface area contributed by atoms with E-state index in [1.54, 1.807) is 18.1 Å².